The summed E-state index contributed by atoms with van der Waals surface area (Å²) < 4.78 is 5.06. The lowest BCUT2D eigenvalue weighted by atomic mass is 9.73. The minimum Gasteiger partial charge on any atom is -0.384 e. The molecule has 0 saturated heterocycles. The Labute approximate surface area is 92.0 Å². The molecule has 2 N–H and O–H groups in total. The average Bonchev–Trinajstić information content (AvgIpc) is 2.13. The highest BCUT2D eigenvalue weighted by molar-refractivity contribution is 8.00. The van der Waals surface area contributed by atoms with Gasteiger partial charge in [-0.05, 0) is 18.3 Å². The number of ether oxygens (including phenoxy) is 1. The first-order chi connectivity index (χ1) is 6.58. The number of methoxy groups -OCH3 is 1. The van der Waals surface area contributed by atoms with E-state index in [2.05, 4.69) is 13.8 Å². The van der Waals surface area contributed by atoms with Gasteiger partial charge in [0.1, 0.15) is 0 Å². The molecule has 0 spiro atoms. The van der Waals surface area contributed by atoms with E-state index >= 15 is 0 Å². The van der Waals surface area contributed by atoms with Gasteiger partial charge < -0.3 is 10.5 Å². The van der Waals surface area contributed by atoms with E-state index in [0.29, 0.717) is 16.7 Å². The number of nitrogens with two attached hydrogens (primary N) is 1. The number of rotatable bonds is 4. The van der Waals surface area contributed by atoms with Crippen molar-refractivity contribution in [2.45, 2.75) is 44.4 Å². The highest BCUT2D eigenvalue weighted by Gasteiger charge is 2.36. The van der Waals surface area contributed by atoms with Crippen LogP contribution in [-0.4, -0.2) is 30.8 Å². The van der Waals surface area contributed by atoms with E-state index in [-0.39, 0.29) is 0 Å². The van der Waals surface area contributed by atoms with Gasteiger partial charge in [0.25, 0.3) is 0 Å². The minimum absolute atomic E-state index is 0.322. The van der Waals surface area contributed by atoms with Crippen molar-refractivity contribution in [3.8, 4) is 0 Å². The second-order valence-electron chi connectivity index (χ2n) is 4.81. The van der Waals surface area contributed by atoms with Crippen LogP contribution in [0.2, 0.25) is 0 Å². The standard InChI is InChI=1S/C11H23NOS/c1-11(2)6-4-5-9(10(11)12)14-8-7-13-3/h9-10H,4-8,12H2,1-3H3. The molecule has 0 aromatic heterocycles. The second kappa shape index (κ2) is 5.38. The molecule has 0 radical (unpaired) electrons. The van der Waals surface area contributed by atoms with E-state index in [1.165, 1.54) is 19.3 Å². The smallest absolute Gasteiger partial charge is 0.0553 e. The van der Waals surface area contributed by atoms with Crippen LogP contribution < -0.4 is 5.73 Å². The SMILES string of the molecule is COCCSC1CCCC(C)(C)C1N. The van der Waals surface area contributed by atoms with Crippen molar-refractivity contribution in [1.82, 2.24) is 0 Å². The summed E-state index contributed by atoms with van der Waals surface area (Å²) in [6, 6.07) is 0.345. The van der Waals surface area contributed by atoms with Gasteiger partial charge in [0.15, 0.2) is 0 Å². The van der Waals surface area contributed by atoms with Gasteiger partial charge in [0, 0.05) is 24.2 Å². The maximum Gasteiger partial charge on any atom is 0.0553 e. The first kappa shape index (κ1) is 12.3. The van der Waals surface area contributed by atoms with Gasteiger partial charge in [-0.3, -0.25) is 0 Å². The molecule has 14 heavy (non-hydrogen) atoms. The normalized spacial score (nSPS) is 31.7. The van der Waals surface area contributed by atoms with Crippen LogP contribution in [-0.2, 0) is 4.74 Å². The van der Waals surface area contributed by atoms with E-state index in [0.717, 1.165) is 12.4 Å². The summed E-state index contributed by atoms with van der Waals surface area (Å²) >= 11 is 1.98. The molecule has 1 aliphatic carbocycles. The molecule has 0 aliphatic heterocycles. The lowest BCUT2D eigenvalue weighted by Gasteiger charge is -2.41. The maximum absolute atomic E-state index is 6.28. The molecule has 2 unspecified atom stereocenters. The van der Waals surface area contributed by atoms with Crippen LogP contribution >= 0.6 is 11.8 Å². The van der Waals surface area contributed by atoms with Gasteiger partial charge in [0.05, 0.1) is 6.61 Å². The summed E-state index contributed by atoms with van der Waals surface area (Å²) in [6.45, 7) is 5.43. The molecule has 2 atom stereocenters. The zero-order valence-corrected chi connectivity index (χ0v) is 10.4. The number of hydrogen-bond acceptors (Lipinski definition) is 3. The van der Waals surface area contributed by atoms with E-state index in [1.807, 2.05) is 11.8 Å². The third kappa shape index (κ3) is 3.14. The van der Waals surface area contributed by atoms with Crippen molar-refractivity contribution in [3.05, 3.63) is 0 Å². The fourth-order valence-corrected chi connectivity index (χ4v) is 3.55. The lowest BCUT2D eigenvalue weighted by molar-refractivity contribution is 0.206. The van der Waals surface area contributed by atoms with Crippen molar-refractivity contribution in [1.29, 1.82) is 0 Å². The van der Waals surface area contributed by atoms with Crippen LogP contribution in [0.3, 0.4) is 0 Å². The van der Waals surface area contributed by atoms with Gasteiger partial charge in [-0.25, -0.2) is 0 Å². The Morgan fingerprint density at radius 3 is 2.86 bits per heavy atom. The Bertz CT molecular complexity index is 173. The minimum atomic E-state index is 0.322. The van der Waals surface area contributed by atoms with Crippen LogP contribution in [0.1, 0.15) is 33.1 Å². The molecule has 0 aromatic rings. The third-order valence-corrected chi connectivity index (χ3v) is 4.59. The molecule has 1 saturated carbocycles. The Morgan fingerprint density at radius 2 is 2.21 bits per heavy atom. The molecule has 2 nitrogen and oxygen atoms in total. The van der Waals surface area contributed by atoms with E-state index < -0.39 is 0 Å². The molecular weight excluding hydrogens is 194 g/mol. The monoisotopic (exact) mass is 217 g/mol. The molecule has 1 aliphatic rings. The van der Waals surface area contributed by atoms with Crippen molar-refractivity contribution in [2.24, 2.45) is 11.1 Å². The van der Waals surface area contributed by atoms with Crippen LogP contribution in [0.4, 0.5) is 0 Å². The third-order valence-electron chi connectivity index (χ3n) is 3.23. The van der Waals surface area contributed by atoms with E-state index in [1.54, 1.807) is 7.11 Å². The number of thioether (sulfide) groups is 1. The Morgan fingerprint density at radius 1 is 1.50 bits per heavy atom. The molecule has 0 aromatic carbocycles. The van der Waals surface area contributed by atoms with Crippen LogP contribution in [0.15, 0.2) is 0 Å². The Hall–Kier alpha value is 0.270. The topological polar surface area (TPSA) is 35.2 Å². The molecule has 0 heterocycles. The predicted octanol–water partition coefficient (Wildman–Crippen LogP) is 2.27. The van der Waals surface area contributed by atoms with Crippen LogP contribution in [0, 0.1) is 5.41 Å². The highest BCUT2D eigenvalue weighted by Crippen LogP contribution is 2.39. The summed E-state index contributed by atoms with van der Waals surface area (Å²) in [7, 11) is 1.76. The van der Waals surface area contributed by atoms with Gasteiger partial charge in [-0.2, -0.15) is 11.8 Å². The van der Waals surface area contributed by atoms with E-state index in [9.17, 15) is 0 Å². The molecular formula is C11H23NOS. The second-order valence-corrected chi connectivity index (χ2v) is 6.16. The molecule has 0 amide bonds. The molecule has 1 rings (SSSR count). The fraction of sp³-hybridized carbons (Fsp3) is 1.00. The van der Waals surface area contributed by atoms with Crippen molar-refractivity contribution < 1.29 is 4.74 Å². The first-order valence-electron chi connectivity index (χ1n) is 5.44. The van der Waals surface area contributed by atoms with Crippen LogP contribution in [0.25, 0.3) is 0 Å². The highest BCUT2D eigenvalue weighted by atomic mass is 32.2. The summed E-state index contributed by atoms with van der Waals surface area (Å²) in [6.07, 6.45) is 3.87. The molecule has 0 bridgehead atoms. The summed E-state index contributed by atoms with van der Waals surface area (Å²) in [5.74, 6) is 1.07. The zero-order valence-electron chi connectivity index (χ0n) is 9.58. The first-order valence-corrected chi connectivity index (χ1v) is 6.49. The molecule has 84 valence electrons. The van der Waals surface area contributed by atoms with Gasteiger partial charge >= 0.3 is 0 Å². The largest absolute Gasteiger partial charge is 0.384 e. The maximum atomic E-state index is 6.28. The zero-order chi connectivity index (χ0) is 10.6. The predicted molar refractivity (Wildman–Crippen MR) is 63.7 cm³/mol. The molecule has 3 heteroatoms. The van der Waals surface area contributed by atoms with Crippen LogP contribution in [0.5, 0.6) is 0 Å². The van der Waals surface area contributed by atoms with Crippen molar-refractivity contribution in [2.75, 3.05) is 19.5 Å². The summed E-state index contributed by atoms with van der Waals surface area (Å²) in [5, 5.41) is 0.633. The lowest BCUT2D eigenvalue weighted by Crippen LogP contribution is -2.48. The summed E-state index contributed by atoms with van der Waals surface area (Å²) in [4.78, 5) is 0. The van der Waals surface area contributed by atoms with Crippen molar-refractivity contribution >= 4 is 11.8 Å². The van der Waals surface area contributed by atoms with E-state index in [4.69, 9.17) is 10.5 Å². The van der Waals surface area contributed by atoms with Gasteiger partial charge in [0.2, 0.25) is 0 Å². The number of hydrogen-bond donors (Lipinski definition) is 1. The van der Waals surface area contributed by atoms with Crippen molar-refractivity contribution in [3.63, 3.8) is 0 Å². The Kier molecular flexibility index (Phi) is 4.74. The van der Waals surface area contributed by atoms with Gasteiger partial charge in [-0.1, -0.05) is 20.3 Å². The van der Waals surface area contributed by atoms with Gasteiger partial charge in [-0.15, -0.1) is 0 Å². The Balaban J connectivity index is 2.36. The molecule has 1 fully saturated rings. The average molecular weight is 217 g/mol. The summed E-state index contributed by atoms with van der Waals surface area (Å²) in [5.41, 5.74) is 6.60. The quantitative estimate of drug-likeness (QED) is 0.734. The fourth-order valence-electron chi connectivity index (χ4n) is 2.08.